The van der Waals surface area contributed by atoms with E-state index in [1.54, 1.807) is 4.90 Å². The predicted molar refractivity (Wildman–Crippen MR) is 74.4 cm³/mol. The van der Waals surface area contributed by atoms with Crippen molar-refractivity contribution in [3.63, 3.8) is 0 Å². The van der Waals surface area contributed by atoms with Crippen LogP contribution in [0.3, 0.4) is 0 Å². The van der Waals surface area contributed by atoms with E-state index in [0.717, 1.165) is 19.3 Å². The first-order chi connectivity index (χ1) is 8.83. The van der Waals surface area contributed by atoms with Gasteiger partial charge >= 0.3 is 0 Å². The second-order valence-electron chi connectivity index (χ2n) is 5.88. The third-order valence-electron chi connectivity index (χ3n) is 4.45. The van der Waals surface area contributed by atoms with Crippen LogP contribution >= 0.6 is 0 Å². The molecule has 2 heterocycles. The van der Waals surface area contributed by atoms with E-state index in [9.17, 15) is 13.2 Å². The van der Waals surface area contributed by atoms with E-state index in [1.807, 2.05) is 20.8 Å². The van der Waals surface area contributed by atoms with Crippen molar-refractivity contribution >= 4 is 15.7 Å². The molecular formula is C13H24N2O3S. The molecule has 3 unspecified atom stereocenters. The molecular weight excluding hydrogens is 264 g/mol. The van der Waals surface area contributed by atoms with Crippen LogP contribution in [0.25, 0.3) is 0 Å². The van der Waals surface area contributed by atoms with Crippen LogP contribution in [0.5, 0.6) is 0 Å². The summed E-state index contributed by atoms with van der Waals surface area (Å²) in [5.74, 6) is 0.446. The van der Waals surface area contributed by atoms with E-state index >= 15 is 0 Å². The molecule has 0 spiro atoms. The first-order valence-electron chi connectivity index (χ1n) is 7.14. The third kappa shape index (κ3) is 2.65. The van der Waals surface area contributed by atoms with Crippen LogP contribution < -0.4 is 5.32 Å². The highest BCUT2D eigenvalue weighted by Crippen LogP contribution is 2.30. The van der Waals surface area contributed by atoms with Crippen molar-refractivity contribution in [2.45, 2.75) is 64.2 Å². The molecule has 0 aromatic carbocycles. The van der Waals surface area contributed by atoms with E-state index in [4.69, 9.17) is 0 Å². The van der Waals surface area contributed by atoms with Gasteiger partial charge in [-0.1, -0.05) is 13.8 Å². The zero-order valence-corrected chi connectivity index (χ0v) is 12.8. The van der Waals surface area contributed by atoms with Gasteiger partial charge in [-0.05, 0) is 32.6 Å². The number of hydrogen-bond acceptors (Lipinski definition) is 4. The fraction of sp³-hybridized carbons (Fsp3) is 0.923. The summed E-state index contributed by atoms with van der Waals surface area (Å²) in [7, 11) is -2.99. The highest BCUT2D eigenvalue weighted by molar-refractivity contribution is 7.91. The summed E-state index contributed by atoms with van der Waals surface area (Å²) in [5, 5.41) is 3.37. The Kier molecular flexibility index (Phi) is 3.93. The van der Waals surface area contributed by atoms with Gasteiger partial charge in [-0.25, -0.2) is 8.42 Å². The summed E-state index contributed by atoms with van der Waals surface area (Å²) in [4.78, 5) is 14.4. The molecule has 0 radical (unpaired) electrons. The lowest BCUT2D eigenvalue weighted by atomic mass is 9.98. The number of nitrogens with one attached hydrogen (secondary N) is 1. The molecule has 2 fully saturated rings. The molecule has 0 aromatic heterocycles. The van der Waals surface area contributed by atoms with Crippen LogP contribution in [0.2, 0.25) is 0 Å². The Hall–Kier alpha value is -0.620. The molecule has 1 amide bonds. The summed E-state index contributed by atoms with van der Waals surface area (Å²) < 4.78 is 23.6. The van der Waals surface area contributed by atoms with Crippen LogP contribution in [-0.2, 0) is 14.6 Å². The molecule has 0 bridgehead atoms. The molecule has 0 aromatic rings. The number of carbonyl (C=O) groups is 1. The molecule has 2 rings (SSSR count). The van der Waals surface area contributed by atoms with Crippen molar-refractivity contribution in [3.05, 3.63) is 0 Å². The number of hydrogen-bond donors (Lipinski definition) is 1. The smallest absolute Gasteiger partial charge is 0.244 e. The fourth-order valence-corrected chi connectivity index (χ4v) is 4.80. The molecule has 1 N–H and O–H groups in total. The average Bonchev–Trinajstić information content (AvgIpc) is 2.61. The largest absolute Gasteiger partial charge is 0.322 e. The van der Waals surface area contributed by atoms with Crippen molar-refractivity contribution in [2.24, 2.45) is 0 Å². The molecule has 2 saturated heterocycles. The Morgan fingerprint density at radius 2 is 2.11 bits per heavy atom. The summed E-state index contributed by atoms with van der Waals surface area (Å²) >= 11 is 0. The SMILES string of the molecule is CCC1NC(C)(CC)C(=O)N1C1CCCS(=O)(=O)C1. The lowest BCUT2D eigenvalue weighted by Crippen LogP contribution is -2.50. The number of carbonyl (C=O) groups excluding carboxylic acids is 1. The second kappa shape index (κ2) is 5.05. The maximum absolute atomic E-state index is 12.6. The van der Waals surface area contributed by atoms with E-state index in [2.05, 4.69) is 5.32 Å². The van der Waals surface area contributed by atoms with E-state index in [1.165, 1.54) is 0 Å². The highest BCUT2D eigenvalue weighted by atomic mass is 32.2. The van der Waals surface area contributed by atoms with Gasteiger partial charge in [0.2, 0.25) is 5.91 Å². The zero-order valence-electron chi connectivity index (χ0n) is 12.0. The third-order valence-corrected chi connectivity index (χ3v) is 6.26. The minimum Gasteiger partial charge on any atom is -0.322 e. The molecule has 0 aliphatic carbocycles. The Morgan fingerprint density at radius 3 is 2.63 bits per heavy atom. The molecule has 19 heavy (non-hydrogen) atoms. The van der Waals surface area contributed by atoms with Gasteiger partial charge in [0, 0.05) is 6.04 Å². The van der Waals surface area contributed by atoms with Crippen molar-refractivity contribution < 1.29 is 13.2 Å². The van der Waals surface area contributed by atoms with Gasteiger partial charge in [0.15, 0.2) is 9.84 Å². The molecule has 0 saturated carbocycles. The zero-order chi connectivity index (χ0) is 14.3. The lowest BCUT2D eigenvalue weighted by Gasteiger charge is -2.34. The standard InChI is InChI=1S/C13H24N2O3S/c1-4-11-14-13(3,5-2)12(16)15(11)10-7-6-8-19(17,18)9-10/h10-11,14H,4-9H2,1-3H3. The second-order valence-corrected chi connectivity index (χ2v) is 8.11. The Balaban J connectivity index is 2.24. The van der Waals surface area contributed by atoms with Gasteiger partial charge in [0.1, 0.15) is 0 Å². The van der Waals surface area contributed by atoms with Crippen molar-refractivity contribution in [2.75, 3.05) is 11.5 Å². The van der Waals surface area contributed by atoms with Gasteiger partial charge in [0.05, 0.1) is 23.2 Å². The lowest BCUT2D eigenvalue weighted by molar-refractivity contribution is -0.134. The fourth-order valence-electron chi connectivity index (χ4n) is 3.12. The minimum absolute atomic E-state index is 0.0317. The minimum atomic E-state index is -2.99. The van der Waals surface area contributed by atoms with Gasteiger partial charge in [-0.2, -0.15) is 0 Å². The van der Waals surface area contributed by atoms with Gasteiger partial charge in [-0.15, -0.1) is 0 Å². The van der Waals surface area contributed by atoms with Crippen LogP contribution in [0.1, 0.15) is 46.5 Å². The summed E-state index contributed by atoms with van der Waals surface area (Å²) in [6.07, 6.45) is 2.95. The first-order valence-corrected chi connectivity index (χ1v) is 8.96. The van der Waals surface area contributed by atoms with Gasteiger partial charge in [0.25, 0.3) is 0 Å². The van der Waals surface area contributed by atoms with Crippen molar-refractivity contribution in [3.8, 4) is 0 Å². The monoisotopic (exact) mass is 288 g/mol. The number of sulfone groups is 1. The summed E-state index contributed by atoms with van der Waals surface area (Å²) in [5.41, 5.74) is -0.540. The Bertz CT molecular complexity index is 463. The van der Waals surface area contributed by atoms with E-state index in [0.29, 0.717) is 6.42 Å². The molecule has 5 nitrogen and oxygen atoms in total. The molecule has 110 valence electrons. The van der Waals surface area contributed by atoms with Crippen LogP contribution in [0.4, 0.5) is 0 Å². The average molecular weight is 288 g/mol. The van der Waals surface area contributed by atoms with E-state index < -0.39 is 15.4 Å². The van der Waals surface area contributed by atoms with Crippen LogP contribution in [0.15, 0.2) is 0 Å². The van der Waals surface area contributed by atoms with Crippen LogP contribution in [-0.4, -0.2) is 48.5 Å². The normalized spacial score (nSPS) is 38.7. The van der Waals surface area contributed by atoms with Gasteiger partial charge < -0.3 is 4.90 Å². The topological polar surface area (TPSA) is 66.5 Å². The number of amides is 1. The Morgan fingerprint density at radius 1 is 1.42 bits per heavy atom. The maximum Gasteiger partial charge on any atom is 0.244 e. The number of nitrogens with zero attached hydrogens (tertiary/aromatic N) is 1. The molecule has 2 aliphatic heterocycles. The summed E-state index contributed by atoms with van der Waals surface area (Å²) in [6.45, 7) is 5.92. The molecule has 3 atom stereocenters. The quantitative estimate of drug-likeness (QED) is 0.838. The molecule has 2 aliphatic rings. The molecule has 6 heteroatoms. The Labute approximate surface area is 115 Å². The summed E-state index contributed by atoms with van der Waals surface area (Å²) in [6, 6.07) is -0.155. The predicted octanol–water partition coefficient (Wildman–Crippen LogP) is 0.900. The number of rotatable bonds is 3. The first kappa shape index (κ1) is 14.8. The van der Waals surface area contributed by atoms with Crippen molar-refractivity contribution in [1.82, 2.24) is 10.2 Å². The van der Waals surface area contributed by atoms with E-state index in [-0.39, 0.29) is 29.6 Å². The van der Waals surface area contributed by atoms with Crippen LogP contribution in [0, 0.1) is 0 Å². The van der Waals surface area contributed by atoms with Gasteiger partial charge in [-0.3, -0.25) is 10.1 Å². The highest BCUT2D eigenvalue weighted by Gasteiger charge is 2.49. The maximum atomic E-state index is 12.6. The van der Waals surface area contributed by atoms with Crippen molar-refractivity contribution in [1.29, 1.82) is 0 Å².